The normalized spacial score (nSPS) is 17.5. The van der Waals surface area contributed by atoms with Crippen LogP contribution in [0.1, 0.15) is 74.0 Å². The number of aryl methyl sites for hydroxylation is 2. The highest BCUT2D eigenvalue weighted by atomic mass is 16.5. The van der Waals surface area contributed by atoms with Gasteiger partial charge in [0, 0.05) is 12.5 Å². The van der Waals surface area contributed by atoms with Gasteiger partial charge in [-0.2, -0.15) is 0 Å². The first kappa shape index (κ1) is 27.9. The molecule has 0 spiro atoms. The minimum Gasteiger partial charge on any atom is -0.489 e. The Kier molecular flexibility index (Phi) is 8.12. The molecule has 0 radical (unpaired) electrons. The number of methoxy groups -OCH3 is 1. The van der Waals surface area contributed by atoms with Gasteiger partial charge in [0.2, 0.25) is 5.95 Å². The molecule has 12 heteroatoms. The molecule has 39 heavy (non-hydrogen) atoms. The van der Waals surface area contributed by atoms with Crippen molar-refractivity contribution in [2.45, 2.75) is 71.4 Å². The van der Waals surface area contributed by atoms with E-state index in [4.69, 9.17) is 14.5 Å². The number of aromatic nitrogens is 6. The number of nitrogens with one attached hydrogen (secondary N) is 1. The van der Waals surface area contributed by atoms with Gasteiger partial charge in [0.15, 0.2) is 5.69 Å². The molecule has 0 aliphatic heterocycles. The average Bonchev–Trinajstić information content (AvgIpc) is 3.27. The number of hydrogen-bond donors (Lipinski definition) is 2. The van der Waals surface area contributed by atoms with Crippen molar-refractivity contribution in [1.82, 2.24) is 29.9 Å². The Labute approximate surface area is 227 Å². The minimum atomic E-state index is -0.769. The van der Waals surface area contributed by atoms with Crippen LogP contribution in [0.2, 0.25) is 0 Å². The molecule has 0 unspecified atom stereocenters. The molecule has 208 valence electrons. The van der Waals surface area contributed by atoms with Crippen LogP contribution in [0.25, 0.3) is 11.4 Å². The SMILES string of the molecule is COC(=O)c1cc(C(C)(C)C)nc(NCc2c(-c3ccc(O[C@H]4CCC[C@H](C(=O)O)C4)c(C)n3)nnn2C)n1. The molecule has 0 amide bonds. The topological polar surface area (TPSA) is 154 Å². The molecule has 2 N–H and O–H groups in total. The van der Waals surface area contributed by atoms with Gasteiger partial charge >= 0.3 is 11.9 Å². The summed E-state index contributed by atoms with van der Waals surface area (Å²) in [6.07, 6.45) is 2.67. The van der Waals surface area contributed by atoms with Gasteiger partial charge in [-0.1, -0.05) is 26.0 Å². The predicted octanol–water partition coefficient (Wildman–Crippen LogP) is 3.69. The lowest BCUT2D eigenvalue weighted by molar-refractivity contribution is -0.143. The number of carbonyl (C=O) groups is 2. The van der Waals surface area contributed by atoms with E-state index >= 15 is 0 Å². The molecule has 4 rings (SSSR count). The van der Waals surface area contributed by atoms with E-state index in [-0.39, 0.29) is 35.6 Å². The molecule has 1 saturated carbocycles. The summed E-state index contributed by atoms with van der Waals surface area (Å²) in [5, 5.41) is 21.1. The van der Waals surface area contributed by atoms with Crippen LogP contribution >= 0.6 is 0 Å². The highest BCUT2D eigenvalue weighted by Gasteiger charge is 2.29. The van der Waals surface area contributed by atoms with Crippen LogP contribution in [0.4, 0.5) is 5.95 Å². The second-order valence-electron chi connectivity index (χ2n) is 10.8. The van der Waals surface area contributed by atoms with E-state index in [9.17, 15) is 14.7 Å². The van der Waals surface area contributed by atoms with E-state index in [1.807, 2.05) is 39.8 Å². The van der Waals surface area contributed by atoms with Crippen molar-refractivity contribution in [3.8, 4) is 17.1 Å². The molecule has 12 nitrogen and oxygen atoms in total. The van der Waals surface area contributed by atoms with Gasteiger partial charge in [0.25, 0.3) is 0 Å². The van der Waals surface area contributed by atoms with Crippen molar-refractivity contribution in [1.29, 1.82) is 0 Å². The molecule has 3 heterocycles. The van der Waals surface area contributed by atoms with Crippen LogP contribution in [-0.2, 0) is 28.5 Å². The third-order valence-corrected chi connectivity index (χ3v) is 6.79. The molecule has 3 aromatic rings. The average molecular weight is 538 g/mol. The Bertz CT molecular complexity index is 1370. The Hall–Kier alpha value is -4.09. The molecule has 0 bridgehead atoms. The highest BCUT2D eigenvalue weighted by Crippen LogP contribution is 2.31. The summed E-state index contributed by atoms with van der Waals surface area (Å²) in [4.78, 5) is 37.2. The third-order valence-electron chi connectivity index (χ3n) is 6.79. The number of aliphatic carboxylic acids is 1. The van der Waals surface area contributed by atoms with E-state index in [0.29, 0.717) is 41.4 Å². The fourth-order valence-electron chi connectivity index (χ4n) is 4.52. The van der Waals surface area contributed by atoms with Gasteiger partial charge in [-0.25, -0.2) is 24.4 Å². The fourth-order valence-corrected chi connectivity index (χ4v) is 4.52. The smallest absolute Gasteiger partial charge is 0.356 e. The van der Waals surface area contributed by atoms with Gasteiger partial charge in [-0.15, -0.1) is 5.10 Å². The fraction of sp³-hybridized carbons (Fsp3) is 0.519. The quantitative estimate of drug-likeness (QED) is 0.404. The number of rotatable bonds is 8. The number of carboxylic acid groups (broad SMARTS) is 1. The van der Waals surface area contributed by atoms with E-state index < -0.39 is 11.9 Å². The predicted molar refractivity (Wildman–Crippen MR) is 142 cm³/mol. The number of ether oxygens (including phenoxy) is 2. The first-order valence-electron chi connectivity index (χ1n) is 12.9. The van der Waals surface area contributed by atoms with Gasteiger partial charge < -0.3 is 19.9 Å². The summed E-state index contributed by atoms with van der Waals surface area (Å²) in [6, 6.07) is 5.30. The monoisotopic (exact) mass is 537 g/mol. The summed E-state index contributed by atoms with van der Waals surface area (Å²) < 4.78 is 12.7. The standard InChI is InChI=1S/C27H35N7O5/c1-15-21(39-17-9-7-8-16(12-17)24(35)36)11-10-18(29-15)23-20(34(5)33-32-23)14-28-26-30-19(25(37)38-6)13-22(31-26)27(2,3)4/h10-11,13,16-17H,7-9,12,14H2,1-6H3,(H,35,36)(H,28,30,31)/t16-,17-/m0/s1. The lowest BCUT2D eigenvalue weighted by atomic mass is 9.87. The van der Waals surface area contributed by atoms with Gasteiger partial charge in [0.05, 0.1) is 48.5 Å². The Balaban J connectivity index is 1.53. The summed E-state index contributed by atoms with van der Waals surface area (Å²) in [7, 11) is 3.10. The van der Waals surface area contributed by atoms with Crippen molar-refractivity contribution in [3.05, 3.63) is 41.0 Å². The number of pyridine rings is 1. The number of nitrogens with zero attached hydrogens (tertiary/aromatic N) is 6. The summed E-state index contributed by atoms with van der Waals surface area (Å²) in [5.74, 6) is -0.768. The Morgan fingerprint density at radius 3 is 2.62 bits per heavy atom. The van der Waals surface area contributed by atoms with Crippen LogP contribution in [0.15, 0.2) is 18.2 Å². The molecule has 1 aliphatic rings. The van der Waals surface area contributed by atoms with E-state index in [2.05, 4.69) is 25.6 Å². The van der Waals surface area contributed by atoms with Crippen LogP contribution in [0.3, 0.4) is 0 Å². The van der Waals surface area contributed by atoms with E-state index in [1.54, 1.807) is 17.8 Å². The Morgan fingerprint density at radius 2 is 1.95 bits per heavy atom. The van der Waals surface area contributed by atoms with Crippen molar-refractivity contribution in [3.63, 3.8) is 0 Å². The molecule has 1 aliphatic carbocycles. The number of anilines is 1. The Morgan fingerprint density at radius 1 is 1.18 bits per heavy atom. The first-order valence-corrected chi connectivity index (χ1v) is 12.9. The van der Waals surface area contributed by atoms with Gasteiger partial charge in [0.1, 0.15) is 11.4 Å². The number of carbonyl (C=O) groups excluding carboxylic acids is 1. The first-order chi connectivity index (χ1) is 18.5. The molecular formula is C27H35N7O5. The molecule has 1 fully saturated rings. The second kappa shape index (κ2) is 11.3. The third kappa shape index (κ3) is 6.50. The minimum absolute atomic E-state index is 0.152. The zero-order valence-corrected chi connectivity index (χ0v) is 23.2. The molecular weight excluding hydrogens is 502 g/mol. The molecule has 2 atom stereocenters. The zero-order valence-electron chi connectivity index (χ0n) is 23.2. The summed E-state index contributed by atoms with van der Waals surface area (Å²) in [5.41, 5.74) is 3.20. The number of esters is 1. The van der Waals surface area contributed by atoms with Crippen LogP contribution in [0, 0.1) is 12.8 Å². The molecule has 0 aromatic carbocycles. The lowest BCUT2D eigenvalue weighted by Gasteiger charge is -2.27. The van der Waals surface area contributed by atoms with Gasteiger partial charge in [-0.3, -0.25) is 4.79 Å². The number of hydrogen-bond acceptors (Lipinski definition) is 10. The van der Waals surface area contributed by atoms with Crippen LogP contribution in [-0.4, -0.2) is 60.2 Å². The van der Waals surface area contributed by atoms with Crippen molar-refractivity contribution < 1.29 is 24.2 Å². The highest BCUT2D eigenvalue weighted by molar-refractivity contribution is 5.87. The van der Waals surface area contributed by atoms with Crippen molar-refractivity contribution in [2.24, 2.45) is 13.0 Å². The number of carboxylic acids is 1. The summed E-state index contributed by atoms with van der Waals surface area (Å²) in [6.45, 7) is 8.14. The maximum atomic E-state index is 12.2. The summed E-state index contributed by atoms with van der Waals surface area (Å²) >= 11 is 0. The van der Waals surface area contributed by atoms with E-state index in [1.165, 1.54) is 7.11 Å². The lowest BCUT2D eigenvalue weighted by Crippen LogP contribution is -2.29. The van der Waals surface area contributed by atoms with Crippen molar-refractivity contribution >= 4 is 17.9 Å². The maximum Gasteiger partial charge on any atom is 0.356 e. The van der Waals surface area contributed by atoms with E-state index in [0.717, 1.165) is 18.5 Å². The van der Waals surface area contributed by atoms with Crippen molar-refractivity contribution in [2.75, 3.05) is 12.4 Å². The van der Waals surface area contributed by atoms with Crippen LogP contribution in [0.5, 0.6) is 5.75 Å². The second-order valence-corrected chi connectivity index (χ2v) is 10.8. The zero-order chi connectivity index (χ0) is 28.3. The molecule has 3 aromatic heterocycles. The largest absolute Gasteiger partial charge is 0.489 e. The van der Waals surface area contributed by atoms with Gasteiger partial charge in [-0.05, 0) is 50.8 Å². The van der Waals surface area contributed by atoms with Crippen LogP contribution < -0.4 is 10.1 Å². The molecule has 0 saturated heterocycles. The maximum absolute atomic E-state index is 12.2.